The molecule has 2 nitrogen and oxygen atoms in total. The van der Waals surface area contributed by atoms with E-state index in [2.05, 4.69) is 18.8 Å². The molecule has 0 bridgehead atoms. The lowest BCUT2D eigenvalue weighted by Crippen LogP contribution is -2.35. The third kappa shape index (κ3) is 3.79. The molecule has 0 amide bonds. The van der Waals surface area contributed by atoms with Crippen molar-refractivity contribution in [2.24, 2.45) is 17.1 Å². The van der Waals surface area contributed by atoms with Crippen molar-refractivity contribution in [3.05, 3.63) is 16.1 Å². The first-order valence-corrected chi connectivity index (χ1v) is 8.66. The second kappa shape index (κ2) is 6.85. The summed E-state index contributed by atoms with van der Waals surface area (Å²) < 4.78 is 0. The Balaban J connectivity index is 1.88. The second-order valence-corrected chi connectivity index (χ2v) is 7.24. The number of nitrogens with zero attached hydrogens (tertiary/aromatic N) is 1. The van der Waals surface area contributed by atoms with Crippen LogP contribution in [0.4, 0.5) is 0 Å². The minimum absolute atomic E-state index is 0.417. The van der Waals surface area contributed by atoms with Crippen LogP contribution >= 0.6 is 11.3 Å². The van der Waals surface area contributed by atoms with E-state index in [4.69, 9.17) is 5.73 Å². The van der Waals surface area contributed by atoms with Crippen LogP contribution in [0, 0.1) is 18.3 Å². The van der Waals surface area contributed by atoms with Gasteiger partial charge in [0, 0.05) is 4.88 Å². The largest absolute Gasteiger partial charge is 0.330 e. The molecule has 1 fully saturated rings. The van der Waals surface area contributed by atoms with Crippen LogP contribution in [0.1, 0.15) is 62.4 Å². The maximum atomic E-state index is 6.12. The van der Waals surface area contributed by atoms with Crippen LogP contribution in [0.15, 0.2) is 5.51 Å². The fraction of sp³-hybridized carbons (Fsp3) is 0.812. The summed E-state index contributed by atoms with van der Waals surface area (Å²) in [6.45, 7) is 5.29. The zero-order chi connectivity index (χ0) is 13.7. The van der Waals surface area contributed by atoms with Gasteiger partial charge in [-0.2, -0.15) is 0 Å². The van der Waals surface area contributed by atoms with Gasteiger partial charge in [0.1, 0.15) is 0 Å². The molecular weight excluding hydrogens is 252 g/mol. The molecule has 0 spiro atoms. The first-order valence-electron chi connectivity index (χ1n) is 7.78. The Morgan fingerprint density at radius 1 is 1.42 bits per heavy atom. The highest BCUT2D eigenvalue weighted by atomic mass is 32.1. The van der Waals surface area contributed by atoms with Crippen LogP contribution in [-0.2, 0) is 6.42 Å². The molecule has 1 saturated carbocycles. The first kappa shape index (κ1) is 15.0. The van der Waals surface area contributed by atoms with Crippen molar-refractivity contribution in [3.8, 4) is 0 Å². The van der Waals surface area contributed by atoms with Crippen molar-refractivity contribution in [1.82, 2.24) is 4.98 Å². The topological polar surface area (TPSA) is 38.9 Å². The third-order valence-corrected chi connectivity index (χ3v) is 6.02. The molecule has 0 radical (unpaired) electrons. The molecule has 1 aromatic heterocycles. The van der Waals surface area contributed by atoms with Crippen LogP contribution < -0.4 is 5.73 Å². The molecule has 2 rings (SSSR count). The van der Waals surface area contributed by atoms with E-state index in [0.29, 0.717) is 5.41 Å². The second-order valence-electron chi connectivity index (χ2n) is 6.30. The number of aryl methyl sites for hydroxylation is 2. The number of rotatable bonds is 6. The number of hydrogen-bond donors (Lipinski definition) is 1. The number of aromatic nitrogens is 1. The van der Waals surface area contributed by atoms with Gasteiger partial charge in [-0.15, -0.1) is 11.3 Å². The number of nitrogens with two attached hydrogens (primary N) is 1. The molecule has 0 aliphatic heterocycles. The quantitative estimate of drug-likeness (QED) is 0.843. The van der Waals surface area contributed by atoms with Gasteiger partial charge in [0.05, 0.1) is 11.2 Å². The normalized spacial score (nSPS) is 27.6. The Hall–Kier alpha value is -0.410. The lowest BCUT2D eigenvalue weighted by molar-refractivity contribution is 0.140. The molecule has 0 saturated heterocycles. The van der Waals surface area contributed by atoms with E-state index in [0.717, 1.165) is 12.5 Å². The summed E-state index contributed by atoms with van der Waals surface area (Å²) in [6.07, 6.45) is 10.6. The lowest BCUT2D eigenvalue weighted by atomic mass is 9.67. The van der Waals surface area contributed by atoms with Crippen molar-refractivity contribution in [2.75, 3.05) is 6.54 Å². The highest BCUT2D eigenvalue weighted by Crippen LogP contribution is 2.43. The van der Waals surface area contributed by atoms with Crippen LogP contribution in [0.2, 0.25) is 0 Å². The van der Waals surface area contributed by atoms with Gasteiger partial charge in [0.25, 0.3) is 0 Å². The maximum absolute atomic E-state index is 6.12. The number of thiazole rings is 1. The summed E-state index contributed by atoms with van der Waals surface area (Å²) in [5.74, 6) is 0.967. The van der Waals surface area contributed by atoms with Gasteiger partial charge in [-0.25, -0.2) is 4.98 Å². The molecule has 0 aromatic carbocycles. The van der Waals surface area contributed by atoms with Crippen LogP contribution in [-0.4, -0.2) is 11.5 Å². The summed E-state index contributed by atoms with van der Waals surface area (Å²) in [6, 6.07) is 0. The monoisotopic (exact) mass is 280 g/mol. The van der Waals surface area contributed by atoms with E-state index in [1.807, 2.05) is 5.51 Å². The Morgan fingerprint density at radius 3 is 2.68 bits per heavy atom. The van der Waals surface area contributed by atoms with Gasteiger partial charge in [0.15, 0.2) is 0 Å². The van der Waals surface area contributed by atoms with E-state index >= 15 is 0 Å². The molecule has 1 heterocycles. The molecule has 1 aliphatic carbocycles. The van der Waals surface area contributed by atoms with Gasteiger partial charge < -0.3 is 5.73 Å². The molecule has 0 atom stereocenters. The summed E-state index contributed by atoms with van der Waals surface area (Å²) in [7, 11) is 0. The third-order valence-electron chi connectivity index (χ3n) is 5.02. The Bertz CT molecular complexity index is 378. The predicted molar refractivity (Wildman–Crippen MR) is 83.5 cm³/mol. The molecule has 2 N–H and O–H groups in total. The Morgan fingerprint density at radius 2 is 2.16 bits per heavy atom. The molecule has 1 aliphatic rings. The van der Waals surface area contributed by atoms with Gasteiger partial charge in [0.2, 0.25) is 0 Å². The lowest BCUT2D eigenvalue weighted by Gasteiger charge is -2.39. The molecule has 1 aromatic rings. The molecule has 0 unspecified atom stereocenters. The number of hydrogen-bond acceptors (Lipinski definition) is 3. The van der Waals surface area contributed by atoms with Gasteiger partial charge in [-0.3, -0.25) is 0 Å². The molecule has 108 valence electrons. The van der Waals surface area contributed by atoms with Crippen molar-refractivity contribution in [1.29, 1.82) is 0 Å². The van der Waals surface area contributed by atoms with E-state index < -0.39 is 0 Å². The SMILES string of the molecule is CCCC1CCC(CN)(CCc2scnc2C)CC1. The van der Waals surface area contributed by atoms with Crippen LogP contribution in [0.3, 0.4) is 0 Å². The standard InChI is InChI=1S/C16H28N2S/c1-3-4-14-5-8-16(11-17,9-6-14)10-7-15-13(2)18-12-19-15/h12,14H,3-11,17H2,1-2H3. The van der Waals surface area contributed by atoms with E-state index in [9.17, 15) is 0 Å². The van der Waals surface area contributed by atoms with Gasteiger partial charge >= 0.3 is 0 Å². The predicted octanol–water partition coefficient (Wildman–Crippen LogP) is 4.32. The highest BCUT2D eigenvalue weighted by molar-refractivity contribution is 7.09. The molecular formula is C16H28N2S. The minimum atomic E-state index is 0.417. The zero-order valence-corrected chi connectivity index (χ0v) is 13.3. The van der Waals surface area contributed by atoms with Crippen molar-refractivity contribution < 1.29 is 0 Å². The summed E-state index contributed by atoms with van der Waals surface area (Å²) >= 11 is 1.80. The van der Waals surface area contributed by atoms with E-state index in [1.165, 1.54) is 61.9 Å². The van der Waals surface area contributed by atoms with Crippen LogP contribution in [0.5, 0.6) is 0 Å². The fourth-order valence-electron chi connectivity index (χ4n) is 3.49. The summed E-state index contributed by atoms with van der Waals surface area (Å²) in [5, 5.41) is 0. The molecule has 3 heteroatoms. The maximum Gasteiger partial charge on any atom is 0.0797 e. The average Bonchev–Trinajstić information content (AvgIpc) is 2.84. The van der Waals surface area contributed by atoms with E-state index in [1.54, 1.807) is 11.3 Å². The molecule has 19 heavy (non-hydrogen) atoms. The first-order chi connectivity index (χ1) is 9.19. The van der Waals surface area contributed by atoms with Crippen molar-refractivity contribution >= 4 is 11.3 Å². The summed E-state index contributed by atoms with van der Waals surface area (Å²) in [4.78, 5) is 5.81. The van der Waals surface area contributed by atoms with Gasteiger partial charge in [-0.1, -0.05) is 19.8 Å². The highest BCUT2D eigenvalue weighted by Gasteiger charge is 2.33. The summed E-state index contributed by atoms with van der Waals surface area (Å²) in [5.41, 5.74) is 9.73. The van der Waals surface area contributed by atoms with Crippen LogP contribution in [0.25, 0.3) is 0 Å². The van der Waals surface area contributed by atoms with Crippen molar-refractivity contribution in [2.45, 2.75) is 65.2 Å². The van der Waals surface area contributed by atoms with Gasteiger partial charge in [-0.05, 0) is 63.3 Å². The fourth-order valence-corrected chi connectivity index (χ4v) is 4.27. The smallest absolute Gasteiger partial charge is 0.0797 e. The Kier molecular flexibility index (Phi) is 5.40. The zero-order valence-electron chi connectivity index (χ0n) is 12.5. The Labute approximate surface area is 121 Å². The minimum Gasteiger partial charge on any atom is -0.330 e. The van der Waals surface area contributed by atoms with E-state index in [-0.39, 0.29) is 0 Å². The average molecular weight is 280 g/mol. The van der Waals surface area contributed by atoms with Crippen molar-refractivity contribution in [3.63, 3.8) is 0 Å².